The van der Waals surface area contributed by atoms with E-state index in [4.69, 9.17) is 4.74 Å². The molecule has 1 fully saturated rings. The molecule has 14 heavy (non-hydrogen) atoms. The van der Waals surface area contributed by atoms with Crippen LogP contribution >= 0.6 is 0 Å². The molecule has 1 saturated heterocycles. The molecule has 2 heteroatoms. The van der Waals surface area contributed by atoms with Crippen LogP contribution in [0.5, 0.6) is 0 Å². The predicted octanol–water partition coefficient (Wildman–Crippen LogP) is 2.54. The molecule has 0 amide bonds. The first-order valence-electron chi connectivity index (χ1n) is 5.92. The van der Waals surface area contributed by atoms with Crippen molar-refractivity contribution in [2.45, 2.75) is 39.5 Å². The molecular formula is C12H25NO. The number of nitrogens with zero attached hydrogens (tertiary/aromatic N) is 1. The van der Waals surface area contributed by atoms with Gasteiger partial charge in [-0.2, -0.15) is 0 Å². The Kier molecular flexibility index (Phi) is 4.90. The van der Waals surface area contributed by atoms with Crippen LogP contribution in [-0.2, 0) is 4.74 Å². The molecule has 0 spiro atoms. The first-order chi connectivity index (χ1) is 6.66. The Bertz CT molecular complexity index is 160. The van der Waals surface area contributed by atoms with Crippen molar-refractivity contribution in [1.82, 2.24) is 4.90 Å². The monoisotopic (exact) mass is 199 g/mol. The van der Waals surface area contributed by atoms with E-state index in [9.17, 15) is 0 Å². The third-order valence-electron chi connectivity index (χ3n) is 3.06. The lowest BCUT2D eigenvalue weighted by Crippen LogP contribution is -2.42. The predicted molar refractivity (Wildman–Crippen MR) is 60.6 cm³/mol. The second-order valence-corrected chi connectivity index (χ2v) is 5.06. The molecule has 1 aliphatic heterocycles. The van der Waals surface area contributed by atoms with Gasteiger partial charge in [0.25, 0.3) is 0 Å². The number of piperidine rings is 1. The summed E-state index contributed by atoms with van der Waals surface area (Å²) in [6, 6.07) is 0. The zero-order valence-corrected chi connectivity index (χ0v) is 10.0. The van der Waals surface area contributed by atoms with Crippen molar-refractivity contribution in [3.05, 3.63) is 0 Å². The van der Waals surface area contributed by atoms with Crippen LogP contribution in [0.15, 0.2) is 0 Å². The van der Waals surface area contributed by atoms with Gasteiger partial charge in [-0.05, 0) is 32.9 Å². The lowest BCUT2D eigenvalue weighted by Gasteiger charge is -2.38. The standard InChI is InChI=1S/C12H25NO/c1-4-5-9-14-11-12(2)7-6-8-13(3)10-12/h4-11H2,1-3H3. The minimum absolute atomic E-state index is 0.404. The molecule has 1 heterocycles. The Morgan fingerprint density at radius 1 is 1.43 bits per heavy atom. The van der Waals surface area contributed by atoms with E-state index in [1.54, 1.807) is 0 Å². The van der Waals surface area contributed by atoms with Gasteiger partial charge in [0.05, 0.1) is 6.61 Å². The summed E-state index contributed by atoms with van der Waals surface area (Å²) in [5.74, 6) is 0. The topological polar surface area (TPSA) is 12.5 Å². The van der Waals surface area contributed by atoms with Crippen molar-refractivity contribution in [1.29, 1.82) is 0 Å². The van der Waals surface area contributed by atoms with E-state index in [2.05, 4.69) is 25.8 Å². The highest BCUT2D eigenvalue weighted by atomic mass is 16.5. The van der Waals surface area contributed by atoms with E-state index in [1.165, 1.54) is 38.8 Å². The number of ether oxygens (including phenoxy) is 1. The van der Waals surface area contributed by atoms with Crippen LogP contribution in [-0.4, -0.2) is 38.3 Å². The smallest absolute Gasteiger partial charge is 0.0532 e. The zero-order chi connectivity index (χ0) is 10.4. The van der Waals surface area contributed by atoms with Crippen LogP contribution in [0.3, 0.4) is 0 Å². The lowest BCUT2D eigenvalue weighted by molar-refractivity contribution is 0.00949. The van der Waals surface area contributed by atoms with Crippen molar-refractivity contribution in [2.75, 3.05) is 33.4 Å². The molecule has 1 aliphatic rings. The van der Waals surface area contributed by atoms with Gasteiger partial charge in [0.1, 0.15) is 0 Å². The van der Waals surface area contributed by atoms with Crippen LogP contribution in [0.4, 0.5) is 0 Å². The SMILES string of the molecule is CCCCOCC1(C)CCCN(C)C1. The number of likely N-dealkylation sites (tertiary alicyclic amines) is 1. The normalized spacial score (nSPS) is 29.4. The highest BCUT2D eigenvalue weighted by molar-refractivity contribution is 4.81. The molecule has 1 unspecified atom stereocenters. The van der Waals surface area contributed by atoms with Gasteiger partial charge in [-0.3, -0.25) is 0 Å². The molecule has 0 aromatic rings. The Morgan fingerprint density at radius 3 is 2.86 bits per heavy atom. The molecule has 0 N–H and O–H groups in total. The summed E-state index contributed by atoms with van der Waals surface area (Å²) in [5.41, 5.74) is 0.404. The maximum Gasteiger partial charge on any atom is 0.0532 e. The number of rotatable bonds is 5. The molecule has 84 valence electrons. The molecule has 0 aromatic heterocycles. The van der Waals surface area contributed by atoms with Crippen molar-refractivity contribution in [2.24, 2.45) is 5.41 Å². The average Bonchev–Trinajstić information content (AvgIpc) is 2.12. The highest BCUT2D eigenvalue weighted by Crippen LogP contribution is 2.28. The molecule has 0 aromatic carbocycles. The maximum atomic E-state index is 5.74. The van der Waals surface area contributed by atoms with E-state index in [1.807, 2.05) is 0 Å². The minimum atomic E-state index is 0.404. The Morgan fingerprint density at radius 2 is 2.21 bits per heavy atom. The summed E-state index contributed by atoms with van der Waals surface area (Å²) in [7, 11) is 2.21. The van der Waals surface area contributed by atoms with Crippen molar-refractivity contribution >= 4 is 0 Å². The van der Waals surface area contributed by atoms with Gasteiger partial charge in [-0.15, -0.1) is 0 Å². The van der Waals surface area contributed by atoms with Gasteiger partial charge < -0.3 is 9.64 Å². The number of unbranched alkanes of at least 4 members (excludes halogenated alkanes) is 1. The summed E-state index contributed by atoms with van der Waals surface area (Å²) in [6.45, 7) is 8.89. The van der Waals surface area contributed by atoms with E-state index < -0.39 is 0 Å². The van der Waals surface area contributed by atoms with Gasteiger partial charge in [0, 0.05) is 18.6 Å². The van der Waals surface area contributed by atoms with E-state index in [0.29, 0.717) is 5.41 Å². The quantitative estimate of drug-likeness (QED) is 0.631. The Balaban J connectivity index is 2.19. The van der Waals surface area contributed by atoms with Crippen LogP contribution in [0, 0.1) is 5.41 Å². The fraction of sp³-hybridized carbons (Fsp3) is 1.00. The minimum Gasteiger partial charge on any atom is -0.381 e. The van der Waals surface area contributed by atoms with Gasteiger partial charge in [-0.1, -0.05) is 20.3 Å². The maximum absolute atomic E-state index is 5.74. The summed E-state index contributed by atoms with van der Waals surface area (Å²) < 4.78 is 5.74. The summed E-state index contributed by atoms with van der Waals surface area (Å²) in [5, 5.41) is 0. The second-order valence-electron chi connectivity index (χ2n) is 5.06. The van der Waals surface area contributed by atoms with Crippen molar-refractivity contribution < 1.29 is 4.74 Å². The molecule has 1 atom stereocenters. The van der Waals surface area contributed by atoms with Gasteiger partial charge >= 0.3 is 0 Å². The van der Waals surface area contributed by atoms with Crippen molar-refractivity contribution in [3.8, 4) is 0 Å². The second kappa shape index (κ2) is 5.72. The summed E-state index contributed by atoms with van der Waals surface area (Å²) >= 11 is 0. The largest absolute Gasteiger partial charge is 0.381 e. The average molecular weight is 199 g/mol. The fourth-order valence-corrected chi connectivity index (χ4v) is 2.27. The van der Waals surface area contributed by atoms with Crippen LogP contribution < -0.4 is 0 Å². The lowest BCUT2D eigenvalue weighted by atomic mass is 9.83. The highest BCUT2D eigenvalue weighted by Gasteiger charge is 2.29. The summed E-state index contributed by atoms with van der Waals surface area (Å²) in [4.78, 5) is 2.42. The molecular weight excluding hydrogens is 174 g/mol. The molecule has 0 bridgehead atoms. The van der Waals surface area contributed by atoms with Crippen molar-refractivity contribution in [3.63, 3.8) is 0 Å². The molecule has 0 aliphatic carbocycles. The van der Waals surface area contributed by atoms with E-state index in [-0.39, 0.29) is 0 Å². The Labute approximate surface area is 88.6 Å². The third-order valence-corrected chi connectivity index (χ3v) is 3.06. The fourth-order valence-electron chi connectivity index (χ4n) is 2.27. The zero-order valence-electron chi connectivity index (χ0n) is 10.0. The molecule has 2 nitrogen and oxygen atoms in total. The summed E-state index contributed by atoms with van der Waals surface area (Å²) in [6.07, 6.45) is 5.08. The third kappa shape index (κ3) is 3.97. The van der Waals surface area contributed by atoms with Gasteiger partial charge in [0.2, 0.25) is 0 Å². The molecule has 0 radical (unpaired) electrons. The Hall–Kier alpha value is -0.0800. The first-order valence-corrected chi connectivity index (χ1v) is 5.92. The van der Waals surface area contributed by atoms with E-state index >= 15 is 0 Å². The van der Waals surface area contributed by atoms with Gasteiger partial charge in [0.15, 0.2) is 0 Å². The number of hydrogen-bond acceptors (Lipinski definition) is 2. The van der Waals surface area contributed by atoms with E-state index in [0.717, 1.165) is 13.2 Å². The van der Waals surface area contributed by atoms with Crippen LogP contribution in [0.2, 0.25) is 0 Å². The van der Waals surface area contributed by atoms with Crippen LogP contribution in [0.25, 0.3) is 0 Å². The first kappa shape index (κ1) is 12.0. The number of hydrogen-bond donors (Lipinski definition) is 0. The molecule has 1 rings (SSSR count). The van der Waals surface area contributed by atoms with Gasteiger partial charge in [-0.25, -0.2) is 0 Å². The van der Waals surface area contributed by atoms with Crippen LogP contribution in [0.1, 0.15) is 39.5 Å². The molecule has 0 saturated carbocycles.